The van der Waals surface area contributed by atoms with Gasteiger partial charge in [-0.2, -0.15) is 0 Å². The molecule has 0 unspecified atom stereocenters. The van der Waals surface area contributed by atoms with Crippen LogP contribution in [0, 0.1) is 6.92 Å². The first kappa shape index (κ1) is 15.2. The third kappa shape index (κ3) is 4.40. The molecule has 2 N–H and O–H groups in total. The number of benzene rings is 1. The number of carboxylic acids is 1. The first-order chi connectivity index (χ1) is 9.85. The molecule has 0 radical (unpaired) electrons. The lowest BCUT2D eigenvalue weighted by Crippen LogP contribution is -2.24. The average Bonchev–Trinajstić information content (AvgIpc) is 2.83. The second-order valence-electron chi connectivity index (χ2n) is 4.52. The molecule has 7 nitrogen and oxygen atoms in total. The van der Waals surface area contributed by atoms with Crippen molar-refractivity contribution in [1.29, 1.82) is 0 Å². The first-order valence-corrected chi connectivity index (χ1v) is 7.73. The minimum atomic E-state index is -3.54. The van der Waals surface area contributed by atoms with Gasteiger partial charge in [0.25, 0.3) is 0 Å². The molecule has 0 saturated carbocycles. The number of hydrogen-bond acceptors (Lipinski definition) is 5. The molecule has 112 valence electrons. The number of carboxylic acid groups (broad SMARTS) is 1. The molecule has 0 spiro atoms. The number of hydrogen-bond donors (Lipinski definition) is 2. The second-order valence-corrected chi connectivity index (χ2v) is 6.32. The van der Waals surface area contributed by atoms with Crippen LogP contribution in [-0.4, -0.2) is 24.7 Å². The third-order valence-corrected chi connectivity index (χ3v) is 4.00. The van der Waals surface area contributed by atoms with Crippen LogP contribution in [0.15, 0.2) is 34.9 Å². The summed E-state index contributed by atoms with van der Waals surface area (Å²) in [5.74, 6) is -0.861. The van der Waals surface area contributed by atoms with E-state index in [0.29, 0.717) is 17.0 Å². The van der Waals surface area contributed by atoms with Crippen molar-refractivity contribution in [2.24, 2.45) is 0 Å². The molecule has 1 heterocycles. The van der Waals surface area contributed by atoms with E-state index in [-0.39, 0.29) is 17.9 Å². The van der Waals surface area contributed by atoms with Gasteiger partial charge in [0.05, 0.1) is 23.6 Å². The molecular formula is C13H14N2O5S. The monoisotopic (exact) mass is 310 g/mol. The summed E-state index contributed by atoms with van der Waals surface area (Å²) >= 11 is 0. The molecule has 0 amide bonds. The fourth-order valence-electron chi connectivity index (χ4n) is 1.69. The van der Waals surface area contributed by atoms with Crippen LogP contribution < -0.4 is 4.72 Å². The number of nitrogens with one attached hydrogen (secondary N) is 1. The van der Waals surface area contributed by atoms with Crippen LogP contribution >= 0.6 is 0 Å². The van der Waals surface area contributed by atoms with Gasteiger partial charge < -0.3 is 9.63 Å². The van der Waals surface area contributed by atoms with E-state index in [1.54, 1.807) is 13.0 Å². The summed E-state index contributed by atoms with van der Waals surface area (Å²) in [5.41, 5.74) is 1.29. The Morgan fingerprint density at radius 2 is 2.00 bits per heavy atom. The molecule has 1 aromatic carbocycles. The first-order valence-electron chi connectivity index (χ1n) is 6.07. The summed E-state index contributed by atoms with van der Waals surface area (Å²) in [4.78, 5) is 10.7. The van der Waals surface area contributed by atoms with Gasteiger partial charge in [0.15, 0.2) is 5.76 Å². The lowest BCUT2D eigenvalue weighted by Gasteiger charge is -2.05. The fraction of sp³-hybridized carbons (Fsp3) is 0.231. The van der Waals surface area contributed by atoms with Crippen molar-refractivity contribution >= 4 is 16.0 Å². The predicted octanol–water partition coefficient (Wildman–Crippen LogP) is 1.30. The second kappa shape index (κ2) is 6.06. The summed E-state index contributed by atoms with van der Waals surface area (Å²) in [6.07, 6.45) is 0. The van der Waals surface area contributed by atoms with E-state index < -0.39 is 16.0 Å². The SMILES string of the molecule is Cc1cc(CNS(=O)(=O)Cc2ccc(C(=O)O)cc2)on1. The lowest BCUT2D eigenvalue weighted by molar-refractivity contribution is 0.0697. The van der Waals surface area contributed by atoms with Gasteiger partial charge in [-0.25, -0.2) is 17.9 Å². The maximum Gasteiger partial charge on any atom is 0.335 e. The molecule has 2 rings (SSSR count). The van der Waals surface area contributed by atoms with E-state index >= 15 is 0 Å². The Bertz CT molecular complexity index is 734. The highest BCUT2D eigenvalue weighted by atomic mass is 32.2. The molecule has 2 aromatic rings. The highest BCUT2D eigenvalue weighted by Gasteiger charge is 2.13. The normalized spacial score (nSPS) is 11.5. The molecule has 0 aliphatic carbocycles. The fourth-order valence-corrected chi connectivity index (χ4v) is 2.79. The van der Waals surface area contributed by atoms with E-state index in [4.69, 9.17) is 9.63 Å². The van der Waals surface area contributed by atoms with E-state index in [2.05, 4.69) is 9.88 Å². The number of carbonyl (C=O) groups is 1. The summed E-state index contributed by atoms with van der Waals surface area (Å²) in [7, 11) is -3.54. The van der Waals surface area contributed by atoms with E-state index in [0.717, 1.165) is 0 Å². The summed E-state index contributed by atoms with van der Waals surface area (Å²) in [6, 6.07) is 7.33. The Labute approximate surface area is 121 Å². The predicted molar refractivity (Wildman–Crippen MR) is 74.1 cm³/mol. The Kier molecular flexibility index (Phi) is 4.39. The minimum absolute atomic E-state index is 0.0242. The van der Waals surface area contributed by atoms with Crippen LogP contribution in [0.2, 0.25) is 0 Å². The van der Waals surface area contributed by atoms with Crippen molar-refractivity contribution in [3.05, 3.63) is 52.9 Å². The zero-order chi connectivity index (χ0) is 15.5. The molecule has 0 bridgehead atoms. The van der Waals surface area contributed by atoms with Crippen molar-refractivity contribution in [2.45, 2.75) is 19.2 Å². The Morgan fingerprint density at radius 3 is 2.52 bits per heavy atom. The quantitative estimate of drug-likeness (QED) is 0.832. The van der Waals surface area contributed by atoms with Gasteiger partial charge in [-0.15, -0.1) is 0 Å². The van der Waals surface area contributed by atoms with Crippen molar-refractivity contribution in [2.75, 3.05) is 0 Å². The number of rotatable bonds is 6. The van der Waals surface area contributed by atoms with Crippen molar-refractivity contribution in [3.8, 4) is 0 Å². The minimum Gasteiger partial charge on any atom is -0.478 e. The Balaban J connectivity index is 1.98. The van der Waals surface area contributed by atoms with E-state index in [1.165, 1.54) is 24.3 Å². The highest BCUT2D eigenvalue weighted by Crippen LogP contribution is 2.09. The Hall–Kier alpha value is -2.19. The van der Waals surface area contributed by atoms with Gasteiger partial charge in [0.2, 0.25) is 10.0 Å². The van der Waals surface area contributed by atoms with Crippen molar-refractivity contribution < 1.29 is 22.8 Å². The van der Waals surface area contributed by atoms with Gasteiger partial charge in [-0.1, -0.05) is 17.3 Å². The van der Waals surface area contributed by atoms with Crippen LogP contribution in [0.3, 0.4) is 0 Å². The molecule has 0 fully saturated rings. The molecule has 21 heavy (non-hydrogen) atoms. The molecule has 1 aromatic heterocycles. The number of sulfonamides is 1. The zero-order valence-corrected chi connectivity index (χ0v) is 12.1. The van der Waals surface area contributed by atoms with Crippen LogP contribution in [0.5, 0.6) is 0 Å². The third-order valence-electron chi connectivity index (χ3n) is 2.70. The van der Waals surface area contributed by atoms with Crippen LogP contribution in [-0.2, 0) is 22.3 Å². The molecular weight excluding hydrogens is 296 g/mol. The van der Waals surface area contributed by atoms with Gasteiger partial charge in [-0.05, 0) is 24.6 Å². The molecule has 8 heteroatoms. The largest absolute Gasteiger partial charge is 0.478 e. The molecule has 0 aliphatic rings. The highest BCUT2D eigenvalue weighted by molar-refractivity contribution is 7.88. The average molecular weight is 310 g/mol. The summed E-state index contributed by atoms with van der Waals surface area (Å²) in [6.45, 7) is 1.77. The van der Waals surface area contributed by atoms with Crippen LogP contribution in [0.4, 0.5) is 0 Å². The standard InChI is InChI=1S/C13H14N2O5S/c1-9-6-12(20-15-9)7-14-21(18,19)8-10-2-4-11(5-3-10)13(16)17/h2-6,14H,7-8H2,1H3,(H,16,17). The topological polar surface area (TPSA) is 110 Å². The van der Waals surface area contributed by atoms with Gasteiger partial charge in [-0.3, -0.25) is 0 Å². The summed E-state index contributed by atoms with van der Waals surface area (Å²) < 4.78 is 31.1. The molecule has 0 atom stereocenters. The smallest absolute Gasteiger partial charge is 0.335 e. The number of aromatic carboxylic acids is 1. The Morgan fingerprint density at radius 1 is 1.33 bits per heavy atom. The van der Waals surface area contributed by atoms with Crippen LogP contribution in [0.25, 0.3) is 0 Å². The summed E-state index contributed by atoms with van der Waals surface area (Å²) in [5, 5.41) is 12.4. The van der Waals surface area contributed by atoms with Gasteiger partial charge in [0.1, 0.15) is 0 Å². The maximum absolute atomic E-state index is 11.9. The van der Waals surface area contributed by atoms with E-state index in [9.17, 15) is 13.2 Å². The number of nitrogens with zero attached hydrogens (tertiary/aromatic N) is 1. The van der Waals surface area contributed by atoms with Gasteiger partial charge >= 0.3 is 5.97 Å². The maximum atomic E-state index is 11.9. The molecule has 0 aliphatic heterocycles. The number of aryl methyl sites for hydroxylation is 1. The van der Waals surface area contributed by atoms with Crippen molar-refractivity contribution in [3.63, 3.8) is 0 Å². The van der Waals surface area contributed by atoms with Crippen molar-refractivity contribution in [1.82, 2.24) is 9.88 Å². The van der Waals surface area contributed by atoms with Crippen LogP contribution in [0.1, 0.15) is 27.4 Å². The number of aromatic nitrogens is 1. The molecule has 0 saturated heterocycles. The zero-order valence-electron chi connectivity index (χ0n) is 11.2. The van der Waals surface area contributed by atoms with Gasteiger partial charge in [0, 0.05) is 6.07 Å². The van der Waals surface area contributed by atoms with E-state index in [1.807, 2.05) is 0 Å². The lowest BCUT2D eigenvalue weighted by atomic mass is 10.1.